The van der Waals surface area contributed by atoms with Crippen molar-refractivity contribution in [2.24, 2.45) is 0 Å². The maximum absolute atomic E-state index is 5.39. The van der Waals surface area contributed by atoms with Gasteiger partial charge in [0.1, 0.15) is 0 Å². The third-order valence-corrected chi connectivity index (χ3v) is 3.52. The molecule has 17 heavy (non-hydrogen) atoms. The minimum atomic E-state index is 0.316. The summed E-state index contributed by atoms with van der Waals surface area (Å²) in [4.78, 5) is 0. The Morgan fingerprint density at radius 3 is 2.47 bits per heavy atom. The van der Waals surface area contributed by atoms with Crippen molar-refractivity contribution in [3.8, 4) is 11.5 Å². The summed E-state index contributed by atoms with van der Waals surface area (Å²) in [6.45, 7) is 0.316. The second kappa shape index (κ2) is 4.41. The Bertz CT molecular complexity index is 537. The Kier molecular flexibility index (Phi) is 2.77. The third-order valence-electron chi connectivity index (χ3n) is 2.78. The van der Waals surface area contributed by atoms with Crippen LogP contribution in [0.15, 0.2) is 46.9 Å². The van der Waals surface area contributed by atoms with Crippen LogP contribution in [-0.4, -0.2) is 6.79 Å². The topological polar surface area (TPSA) is 18.5 Å². The van der Waals surface area contributed by atoms with Crippen molar-refractivity contribution in [2.75, 3.05) is 6.79 Å². The third kappa shape index (κ3) is 2.15. The first-order valence-corrected chi connectivity index (χ1v) is 6.24. The van der Waals surface area contributed by atoms with Crippen molar-refractivity contribution < 1.29 is 9.47 Å². The highest BCUT2D eigenvalue weighted by Crippen LogP contribution is 2.37. The molecule has 1 heterocycles. The number of benzene rings is 2. The normalized spacial score (nSPS) is 12.8. The maximum Gasteiger partial charge on any atom is 0.231 e. The van der Waals surface area contributed by atoms with Crippen molar-refractivity contribution in [3.05, 3.63) is 58.1 Å². The number of halogens is 1. The molecule has 0 saturated heterocycles. The first-order valence-electron chi connectivity index (χ1n) is 5.45. The van der Waals surface area contributed by atoms with Crippen LogP contribution < -0.4 is 9.47 Å². The Morgan fingerprint density at radius 2 is 1.71 bits per heavy atom. The largest absolute Gasteiger partial charge is 0.454 e. The molecule has 0 aromatic heterocycles. The quantitative estimate of drug-likeness (QED) is 0.838. The number of hydrogen-bond donors (Lipinski definition) is 0. The molecular weight excluding hydrogens is 280 g/mol. The minimum absolute atomic E-state index is 0.316. The van der Waals surface area contributed by atoms with Crippen LogP contribution in [0.4, 0.5) is 0 Å². The molecule has 3 rings (SSSR count). The second-order valence-corrected chi connectivity index (χ2v) is 4.81. The van der Waals surface area contributed by atoms with Gasteiger partial charge in [-0.05, 0) is 29.7 Å². The standard InChI is InChI=1S/C14H11BrO2/c15-12-8-14-13(16-9-17-14)7-11(12)6-10-4-2-1-3-5-10/h1-5,7-8H,6,9H2. The Hall–Kier alpha value is -1.48. The Morgan fingerprint density at radius 1 is 1.00 bits per heavy atom. The zero-order chi connectivity index (χ0) is 11.7. The average molecular weight is 291 g/mol. The first kappa shape index (κ1) is 10.7. The summed E-state index contributed by atoms with van der Waals surface area (Å²) in [5, 5.41) is 0. The zero-order valence-corrected chi connectivity index (χ0v) is 10.7. The van der Waals surface area contributed by atoms with E-state index in [0.717, 1.165) is 22.4 Å². The monoisotopic (exact) mass is 290 g/mol. The van der Waals surface area contributed by atoms with E-state index in [1.54, 1.807) is 0 Å². The summed E-state index contributed by atoms with van der Waals surface area (Å²) in [5.74, 6) is 1.65. The van der Waals surface area contributed by atoms with Gasteiger partial charge < -0.3 is 9.47 Å². The summed E-state index contributed by atoms with van der Waals surface area (Å²) < 4.78 is 11.8. The molecule has 0 bridgehead atoms. The molecule has 2 aromatic carbocycles. The molecule has 0 saturated carbocycles. The Balaban J connectivity index is 1.93. The lowest BCUT2D eigenvalue weighted by Gasteiger charge is -2.06. The van der Waals surface area contributed by atoms with E-state index in [9.17, 15) is 0 Å². The van der Waals surface area contributed by atoms with Crippen LogP contribution in [0.25, 0.3) is 0 Å². The van der Waals surface area contributed by atoms with E-state index in [0.29, 0.717) is 6.79 Å². The molecule has 3 heteroatoms. The number of hydrogen-bond acceptors (Lipinski definition) is 2. The van der Waals surface area contributed by atoms with Gasteiger partial charge in [-0.15, -0.1) is 0 Å². The van der Waals surface area contributed by atoms with E-state index < -0.39 is 0 Å². The fourth-order valence-corrected chi connectivity index (χ4v) is 2.37. The first-order chi connectivity index (χ1) is 8.33. The maximum atomic E-state index is 5.39. The molecule has 0 N–H and O–H groups in total. The van der Waals surface area contributed by atoms with E-state index in [2.05, 4.69) is 40.2 Å². The molecule has 0 fully saturated rings. The van der Waals surface area contributed by atoms with Crippen LogP contribution in [0.1, 0.15) is 11.1 Å². The van der Waals surface area contributed by atoms with Crippen molar-refractivity contribution in [1.29, 1.82) is 0 Å². The molecule has 0 atom stereocenters. The van der Waals surface area contributed by atoms with Crippen LogP contribution in [0.3, 0.4) is 0 Å². The van der Waals surface area contributed by atoms with Gasteiger partial charge in [-0.1, -0.05) is 46.3 Å². The second-order valence-electron chi connectivity index (χ2n) is 3.96. The zero-order valence-electron chi connectivity index (χ0n) is 9.15. The molecule has 1 aliphatic rings. The van der Waals surface area contributed by atoms with Crippen LogP contribution >= 0.6 is 15.9 Å². The summed E-state index contributed by atoms with van der Waals surface area (Å²) in [7, 11) is 0. The van der Waals surface area contributed by atoms with Crippen LogP contribution in [0.2, 0.25) is 0 Å². The predicted molar refractivity (Wildman–Crippen MR) is 69.5 cm³/mol. The van der Waals surface area contributed by atoms with E-state index >= 15 is 0 Å². The minimum Gasteiger partial charge on any atom is -0.454 e. The van der Waals surface area contributed by atoms with Gasteiger partial charge in [0.05, 0.1) is 0 Å². The summed E-state index contributed by atoms with van der Waals surface area (Å²) in [5.41, 5.74) is 2.49. The molecule has 1 aliphatic heterocycles. The molecule has 2 aromatic rings. The van der Waals surface area contributed by atoms with Crippen molar-refractivity contribution in [1.82, 2.24) is 0 Å². The van der Waals surface area contributed by atoms with Crippen molar-refractivity contribution in [3.63, 3.8) is 0 Å². The summed E-state index contributed by atoms with van der Waals surface area (Å²) in [6.07, 6.45) is 0.887. The van der Waals surface area contributed by atoms with E-state index in [4.69, 9.17) is 9.47 Å². The van der Waals surface area contributed by atoms with Crippen LogP contribution in [0, 0.1) is 0 Å². The molecule has 86 valence electrons. The molecular formula is C14H11BrO2. The van der Waals surface area contributed by atoms with Gasteiger partial charge in [0.15, 0.2) is 11.5 Å². The SMILES string of the molecule is Brc1cc2c(cc1Cc1ccccc1)OCO2. The lowest BCUT2D eigenvalue weighted by molar-refractivity contribution is 0.174. The summed E-state index contributed by atoms with van der Waals surface area (Å²) in [6, 6.07) is 14.4. The average Bonchev–Trinajstić information content (AvgIpc) is 2.78. The highest BCUT2D eigenvalue weighted by Gasteiger charge is 2.16. The van der Waals surface area contributed by atoms with Crippen molar-refractivity contribution >= 4 is 15.9 Å². The van der Waals surface area contributed by atoms with Gasteiger partial charge >= 0.3 is 0 Å². The van der Waals surface area contributed by atoms with E-state index in [-0.39, 0.29) is 0 Å². The highest BCUT2D eigenvalue weighted by molar-refractivity contribution is 9.10. The van der Waals surface area contributed by atoms with Crippen LogP contribution in [-0.2, 0) is 6.42 Å². The van der Waals surface area contributed by atoms with Crippen molar-refractivity contribution in [2.45, 2.75) is 6.42 Å². The smallest absolute Gasteiger partial charge is 0.231 e. The highest BCUT2D eigenvalue weighted by atomic mass is 79.9. The van der Waals surface area contributed by atoms with E-state index in [1.165, 1.54) is 11.1 Å². The van der Waals surface area contributed by atoms with Gasteiger partial charge in [-0.2, -0.15) is 0 Å². The predicted octanol–water partition coefficient (Wildman–Crippen LogP) is 3.77. The molecule has 0 aliphatic carbocycles. The molecule has 0 radical (unpaired) electrons. The van der Waals surface area contributed by atoms with Crippen LogP contribution in [0.5, 0.6) is 11.5 Å². The van der Waals surface area contributed by atoms with Gasteiger partial charge in [-0.25, -0.2) is 0 Å². The molecule has 0 amide bonds. The molecule has 0 spiro atoms. The number of ether oxygens (including phenoxy) is 2. The molecule has 2 nitrogen and oxygen atoms in total. The summed E-state index contributed by atoms with van der Waals surface area (Å²) >= 11 is 3.57. The number of fused-ring (bicyclic) bond motifs is 1. The lowest BCUT2D eigenvalue weighted by Crippen LogP contribution is -1.93. The Labute approximate surface area is 108 Å². The van der Waals surface area contributed by atoms with E-state index in [1.807, 2.05) is 18.2 Å². The lowest BCUT2D eigenvalue weighted by atomic mass is 10.0. The van der Waals surface area contributed by atoms with Gasteiger partial charge in [-0.3, -0.25) is 0 Å². The fraction of sp³-hybridized carbons (Fsp3) is 0.143. The van der Waals surface area contributed by atoms with Gasteiger partial charge in [0, 0.05) is 4.47 Å². The fourth-order valence-electron chi connectivity index (χ4n) is 1.91. The number of rotatable bonds is 2. The molecule has 0 unspecified atom stereocenters. The van der Waals surface area contributed by atoms with Gasteiger partial charge in [0.2, 0.25) is 6.79 Å². The van der Waals surface area contributed by atoms with Gasteiger partial charge in [0.25, 0.3) is 0 Å².